The van der Waals surface area contributed by atoms with Crippen molar-refractivity contribution in [1.29, 1.82) is 0 Å². The topological polar surface area (TPSA) is 103 Å². The second-order valence-electron chi connectivity index (χ2n) is 5.79. The lowest BCUT2D eigenvalue weighted by molar-refractivity contribution is -0.117. The number of hydrogen-bond donors (Lipinski definition) is 1. The molecule has 0 aliphatic heterocycles. The van der Waals surface area contributed by atoms with Crippen molar-refractivity contribution in [3.05, 3.63) is 66.5 Å². The summed E-state index contributed by atoms with van der Waals surface area (Å²) in [5, 5.41) is 19.2. The molecule has 0 radical (unpaired) electrons. The second-order valence-corrected chi connectivity index (χ2v) is 5.79. The third kappa shape index (κ3) is 3.71. The van der Waals surface area contributed by atoms with Gasteiger partial charge in [-0.15, -0.1) is 15.3 Å². The number of amides is 1. The summed E-state index contributed by atoms with van der Waals surface area (Å²) in [4.78, 5) is 17.9. The molecule has 4 aromatic rings. The van der Waals surface area contributed by atoms with Crippen molar-refractivity contribution < 1.29 is 4.79 Å². The van der Waals surface area contributed by atoms with Crippen LogP contribution in [-0.4, -0.2) is 40.9 Å². The molecule has 0 fully saturated rings. The predicted octanol–water partition coefficient (Wildman–Crippen LogP) is 1.87. The highest BCUT2D eigenvalue weighted by molar-refractivity contribution is 5.89. The van der Waals surface area contributed by atoms with E-state index in [4.69, 9.17) is 0 Å². The molecule has 0 aliphatic rings. The zero-order valence-corrected chi connectivity index (χ0v) is 14.5. The molecule has 0 bridgehead atoms. The summed E-state index contributed by atoms with van der Waals surface area (Å²) < 4.78 is 1.58. The first kappa shape index (κ1) is 16.6. The Morgan fingerprint density at radius 3 is 2.44 bits per heavy atom. The Labute approximate surface area is 154 Å². The molecule has 1 N–H and O–H groups in total. The second kappa shape index (κ2) is 7.16. The molecule has 9 nitrogen and oxygen atoms in total. The van der Waals surface area contributed by atoms with Crippen LogP contribution < -0.4 is 5.32 Å². The SMILES string of the molecule is Cc1nc(NC(=O)Cn2nnc(-c3ccccc3)n2)n(-c2ccccc2)n1. The van der Waals surface area contributed by atoms with Crippen molar-refractivity contribution in [1.82, 2.24) is 35.0 Å². The maximum absolute atomic E-state index is 12.4. The van der Waals surface area contributed by atoms with Crippen LogP contribution >= 0.6 is 0 Å². The van der Waals surface area contributed by atoms with Crippen molar-refractivity contribution in [2.75, 3.05) is 5.32 Å². The number of hydrogen-bond acceptors (Lipinski definition) is 6. The molecule has 0 spiro atoms. The maximum atomic E-state index is 12.4. The molecule has 134 valence electrons. The smallest absolute Gasteiger partial charge is 0.250 e. The van der Waals surface area contributed by atoms with Gasteiger partial charge in [0.2, 0.25) is 17.7 Å². The minimum Gasteiger partial charge on any atom is -0.293 e. The predicted molar refractivity (Wildman–Crippen MR) is 98.0 cm³/mol. The lowest BCUT2D eigenvalue weighted by Gasteiger charge is -2.06. The monoisotopic (exact) mass is 360 g/mol. The quantitative estimate of drug-likeness (QED) is 0.583. The number of nitrogens with one attached hydrogen (secondary N) is 1. The molecular weight excluding hydrogens is 344 g/mol. The van der Waals surface area contributed by atoms with Gasteiger partial charge in [0.05, 0.1) is 5.69 Å². The van der Waals surface area contributed by atoms with Crippen LogP contribution in [0.2, 0.25) is 0 Å². The van der Waals surface area contributed by atoms with Gasteiger partial charge in [0, 0.05) is 5.56 Å². The molecule has 27 heavy (non-hydrogen) atoms. The average molecular weight is 360 g/mol. The van der Waals surface area contributed by atoms with Crippen LogP contribution in [0.4, 0.5) is 5.95 Å². The Kier molecular flexibility index (Phi) is 4.40. The van der Waals surface area contributed by atoms with E-state index in [9.17, 15) is 4.79 Å². The van der Waals surface area contributed by atoms with Crippen LogP contribution in [-0.2, 0) is 11.3 Å². The minimum atomic E-state index is -0.323. The van der Waals surface area contributed by atoms with E-state index < -0.39 is 0 Å². The van der Waals surface area contributed by atoms with Crippen LogP contribution in [0.1, 0.15) is 5.82 Å². The molecule has 0 unspecified atom stereocenters. The number of aryl methyl sites for hydroxylation is 1. The highest BCUT2D eigenvalue weighted by atomic mass is 16.2. The summed E-state index contributed by atoms with van der Waals surface area (Å²) in [7, 11) is 0. The number of tetrazole rings is 1. The normalized spacial score (nSPS) is 10.7. The molecule has 0 saturated carbocycles. The highest BCUT2D eigenvalue weighted by Crippen LogP contribution is 2.14. The number of carbonyl (C=O) groups excluding carboxylic acids is 1. The fourth-order valence-electron chi connectivity index (χ4n) is 2.55. The van der Waals surface area contributed by atoms with E-state index in [1.165, 1.54) is 4.80 Å². The molecule has 0 atom stereocenters. The standard InChI is InChI=1S/C18H16N8O/c1-13-19-18(26(22-13)15-10-6-3-7-11-15)20-16(27)12-25-23-17(21-24-25)14-8-4-2-5-9-14/h2-11H,12H2,1H3,(H,19,20,22,27). The van der Waals surface area contributed by atoms with E-state index in [1.807, 2.05) is 60.7 Å². The summed E-state index contributed by atoms with van der Waals surface area (Å²) in [6.07, 6.45) is 0. The Morgan fingerprint density at radius 2 is 1.70 bits per heavy atom. The van der Waals surface area contributed by atoms with Gasteiger partial charge in [-0.3, -0.25) is 10.1 Å². The van der Waals surface area contributed by atoms with Gasteiger partial charge in [0.1, 0.15) is 12.4 Å². The molecule has 2 aromatic carbocycles. The van der Waals surface area contributed by atoms with E-state index in [-0.39, 0.29) is 12.5 Å². The first-order valence-electron chi connectivity index (χ1n) is 8.31. The van der Waals surface area contributed by atoms with Gasteiger partial charge in [0.25, 0.3) is 0 Å². The maximum Gasteiger partial charge on any atom is 0.250 e. The number of anilines is 1. The van der Waals surface area contributed by atoms with E-state index >= 15 is 0 Å². The Hall–Kier alpha value is -3.88. The first-order valence-corrected chi connectivity index (χ1v) is 8.31. The fraction of sp³-hybridized carbons (Fsp3) is 0.111. The van der Waals surface area contributed by atoms with Crippen molar-refractivity contribution in [3.63, 3.8) is 0 Å². The van der Waals surface area contributed by atoms with Crippen molar-refractivity contribution in [2.45, 2.75) is 13.5 Å². The number of aromatic nitrogens is 7. The molecular formula is C18H16N8O. The van der Waals surface area contributed by atoms with E-state index in [2.05, 4.69) is 30.8 Å². The fourth-order valence-corrected chi connectivity index (χ4v) is 2.55. The first-order chi connectivity index (χ1) is 13.2. The Balaban J connectivity index is 1.49. The van der Waals surface area contributed by atoms with Crippen LogP contribution in [0.5, 0.6) is 0 Å². The number of rotatable bonds is 5. The number of para-hydroxylation sites is 1. The number of nitrogens with zero attached hydrogens (tertiary/aromatic N) is 7. The van der Waals surface area contributed by atoms with Crippen molar-refractivity contribution in [3.8, 4) is 17.1 Å². The zero-order valence-electron chi connectivity index (χ0n) is 14.5. The third-order valence-electron chi connectivity index (χ3n) is 3.73. The van der Waals surface area contributed by atoms with Crippen LogP contribution in [0, 0.1) is 6.92 Å². The van der Waals surface area contributed by atoms with Crippen LogP contribution in [0.15, 0.2) is 60.7 Å². The van der Waals surface area contributed by atoms with Crippen molar-refractivity contribution >= 4 is 11.9 Å². The molecule has 9 heteroatoms. The van der Waals surface area contributed by atoms with Gasteiger partial charge in [-0.25, -0.2) is 0 Å². The summed E-state index contributed by atoms with van der Waals surface area (Å²) in [6.45, 7) is 1.68. The molecule has 0 aliphatic carbocycles. The summed E-state index contributed by atoms with van der Waals surface area (Å²) in [6, 6.07) is 18.9. The van der Waals surface area contributed by atoms with Crippen LogP contribution in [0.3, 0.4) is 0 Å². The molecule has 1 amide bonds. The lowest BCUT2D eigenvalue weighted by Crippen LogP contribution is -2.22. The Bertz CT molecular complexity index is 1060. The lowest BCUT2D eigenvalue weighted by atomic mass is 10.2. The third-order valence-corrected chi connectivity index (χ3v) is 3.73. The van der Waals surface area contributed by atoms with Gasteiger partial charge in [0.15, 0.2) is 0 Å². The number of benzene rings is 2. The van der Waals surface area contributed by atoms with E-state index in [0.717, 1.165) is 11.3 Å². The van der Waals surface area contributed by atoms with Gasteiger partial charge in [-0.1, -0.05) is 48.5 Å². The van der Waals surface area contributed by atoms with Crippen molar-refractivity contribution in [2.24, 2.45) is 0 Å². The molecule has 2 aromatic heterocycles. The van der Waals surface area contributed by atoms with E-state index in [0.29, 0.717) is 17.6 Å². The number of carbonyl (C=O) groups is 1. The summed E-state index contributed by atoms with van der Waals surface area (Å²) in [5.74, 6) is 1.04. The molecule has 2 heterocycles. The average Bonchev–Trinajstić information content (AvgIpc) is 3.29. The van der Waals surface area contributed by atoms with Crippen LogP contribution in [0.25, 0.3) is 17.1 Å². The summed E-state index contributed by atoms with van der Waals surface area (Å²) >= 11 is 0. The van der Waals surface area contributed by atoms with Gasteiger partial charge >= 0.3 is 0 Å². The largest absolute Gasteiger partial charge is 0.293 e. The van der Waals surface area contributed by atoms with Gasteiger partial charge < -0.3 is 0 Å². The zero-order chi connectivity index (χ0) is 18.6. The summed E-state index contributed by atoms with van der Waals surface area (Å²) in [5.41, 5.74) is 1.64. The van der Waals surface area contributed by atoms with Gasteiger partial charge in [-0.05, 0) is 24.3 Å². The minimum absolute atomic E-state index is 0.0828. The van der Waals surface area contributed by atoms with E-state index in [1.54, 1.807) is 11.6 Å². The van der Waals surface area contributed by atoms with Gasteiger partial charge in [-0.2, -0.15) is 14.5 Å². The Morgan fingerprint density at radius 1 is 1.00 bits per heavy atom. The molecule has 4 rings (SSSR count). The molecule has 0 saturated heterocycles. The highest BCUT2D eigenvalue weighted by Gasteiger charge is 2.14.